The van der Waals surface area contributed by atoms with Crippen LogP contribution in [-0.4, -0.2) is 12.5 Å². The van der Waals surface area contributed by atoms with Crippen molar-refractivity contribution in [1.82, 2.24) is 5.32 Å². The molecule has 0 aromatic carbocycles. The number of amides is 1. The van der Waals surface area contributed by atoms with Crippen molar-refractivity contribution in [2.75, 3.05) is 6.54 Å². The maximum atomic E-state index is 11.8. The van der Waals surface area contributed by atoms with E-state index >= 15 is 0 Å². The highest BCUT2D eigenvalue weighted by Gasteiger charge is 2.47. The van der Waals surface area contributed by atoms with E-state index in [1.54, 1.807) is 0 Å². The molecule has 0 heterocycles. The van der Waals surface area contributed by atoms with Crippen LogP contribution in [0.15, 0.2) is 0 Å². The average Bonchev–Trinajstić information content (AvgIpc) is 2.77. The lowest BCUT2D eigenvalue weighted by molar-refractivity contribution is -0.125. The standard InChI is InChI=1S/C13H21NO/c15-13(12-7-10-6-11(10)8-12)14-5-4-9-2-1-3-9/h9-12H,1-8H2,(H,14,15). The van der Waals surface area contributed by atoms with Crippen molar-refractivity contribution in [3.63, 3.8) is 0 Å². The third-order valence-corrected chi connectivity index (χ3v) is 4.69. The van der Waals surface area contributed by atoms with Crippen LogP contribution in [0, 0.1) is 23.7 Å². The second kappa shape index (κ2) is 3.80. The Labute approximate surface area is 91.8 Å². The highest BCUT2D eigenvalue weighted by molar-refractivity contribution is 5.79. The third-order valence-electron chi connectivity index (χ3n) is 4.69. The lowest BCUT2D eigenvalue weighted by Gasteiger charge is -2.25. The van der Waals surface area contributed by atoms with E-state index in [-0.39, 0.29) is 0 Å². The Kier molecular flexibility index (Phi) is 2.45. The van der Waals surface area contributed by atoms with E-state index in [9.17, 15) is 4.79 Å². The SMILES string of the molecule is O=C(NCCC1CCC1)C1CC2CC2C1. The summed E-state index contributed by atoms with van der Waals surface area (Å²) < 4.78 is 0. The Bertz CT molecular complexity index is 249. The van der Waals surface area contributed by atoms with Gasteiger partial charge in [0.25, 0.3) is 0 Å². The maximum absolute atomic E-state index is 11.8. The van der Waals surface area contributed by atoms with Crippen molar-refractivity contribution in [2.24, 2.45) is 23.7 Å². The first-order valence-corrected chi connectivity index (χ1v) is 6.60. The van der Waals surface area contributed by atoms with Crippen molar-refractivity contribution >= 4 is 5.91 Å². The second-order valence-electron chi connectivity index (χ2n) is 5.80. The lowest BCUT2D eigenvalue weighted by Crippen LogP contribution is -2.32. The van der Waals surface area contributed by atoms with E-state index in [0.29, 0.717) is 11.8 Å². The van der Waals surface area contributed by atoms with E-state index in [4.69, 9.17) is 0 Å². The highest BCUT2D eigenvalue weighted by atomic mass is 16.1. The molecule has 15 heavy (non-hydrogen) atoms. The van der Waals surface area contributed by atoms with Gasteiger partial charge in [0.1, 0.15) is 0 Å². The van der Waals surface area contributed by atoms with Gasteiger partial charge in [-0.2, -0.15) is 0 Å². The van der Waals surface area contributed by atoms with Gasteiger partial charge in [-0.05, 0) is 43.4 Å². The van der Waals surface area contributed by atoms with Crippen LogP contribution >= 0.6 is 0 Å². The summed E-state index contributed by atoms with van der Waals surface area (Å²) in [7, 11) is 0. The summed E-state index contributed by atoms with van der Waals surface area (Å²) in [5.41, 5.74) is 0. The molecule has 2 nitrogen and oxygen atoms in total. The molecule has 2 unspecified atom stereocenters. The van der Waals surface area contributed by atoms with E-state index in [2.05, 4.69) is 5.32 Å². The zero-order valence-electron chi connectivity index (χ0n) is 9.37. The van der Waals surface area contributed by atoms with Gasteiger partial charge in [-0.3, -0.25) is 4.79 Å². The first kappa shape index (κ1) is 9.68. The van der Waals surface area contributed by atoms with Crippen LogP contribution in [0.5, 0.6) is 0 Å². The number of carbonyl (C=O) groups is 1. The Morgan fingerprint density at radius 2 is 1.87 bits per heavy atom. The van der Waals surface area contributed by atoms with Gasteiger partial charge in [0, 0.05) is 12.5 Å². The van der Waals surface area contributed by atoms with Crippen molar-refractivity contribution in [1.29, 1.82) is 0 Å². The summed E-state index contributed by atoms with van der Waals surface area (Å²) in [6.45, 7) is 0.926. The van der Waals surface area contributed by atoms with Crippen LogP contribution in [0.25, 0.3) is 0 Å². The number of carbonyl (C=O) groups excluding carboxylic acids is 1. The molecule has 3 fully saturated rings. The summed E-state index contributed by atoms with van der Waals surface area (Å²) in [6, 6.07) is 0. The zero-order chi connectivity index (χ0) is 10.3. The number of nitrogens with one attached hydrogen (secondary N) is 1. The number of hydrogen-bond donors (Lipinski definition) is 1. The van der Waals surface area contributed by atoms with Crippen LogP contribution in [0.3, 0.4) is 0 Å². The Hall–Kier alpha value is -0.530. The zero-order valence-corrected chi connectivity index (χ0v) is 9.37. The van der Waals surface area contributed by atoms with Gasteiger partial charge >= 0.3 is 0 Å². The molecule has 2 heteroatoms. The first-order chi connectivity index (χ1) is 7.33. The fourth-order valence-corrected chi connectivity index (χ4v) is 3.25. The molecule has 3 saturated carbocycles. The summed E-state index contributed by atoms with van der Waals surface area (Å²) >= 11 is 0. The summed E-state index contributed by atoms with van der Waals surface area (Å²) in [4.78, 5) is 11.8. The van der Waals surface area contributed by atoms with Gasteiger partial charge < -0.3 is 5.32 Å². The van der Waals surface area contributed by atoms with Crippen molar-refractivity contribution < 1.29 is 4.79 Å². The largest absolute Gasteiger partial charge is 0.356 e. The van der Waals surface area contributed by atoms with Gasteiger partial charge in [-0.15, -0.1) is 0 Å². The molecule has 3 aliphatic rings. The topological polar surface area (TPSA) is 29.1 Å². The molecule has 0 saturated heterocycles. The Morgan fingerprint density at radius 1 is 1.13 bits per heavy atom. The third kappa shape index (κ3) is 2.04. The second-order valence-corrected chi connectivity index (χ2v) is 5.80. The molecule has 0 spiro atoms. The molecule has 0 bridgehead atoms. The van der Waals surface area contributed by atoms with Crippen molar-refractivity contribution in [2.45, 2.75) is 44.9 Å². The normalized spacial score (nSPS) is 38.3. The number of hydrogen-bond acceptors (Lipinski definition) is 1. The quantitative estimate of drug-likeness (QED) is 0.753. The van der Waals surface area contributed by atoms with Gasteiger partial charge in [0.2, 0.25) is 5.91 Å². The predicted octanol–water partition coefficient (Wildman–Crippen LogP) is 2.34. The minimum atomic E-state index is 0.349. The van der Waals surface area contributed by atoms with Crippen LogP contribution in [0.4, 0.5) is 0 Å². The molecule has 0 aromatic rings. The van der Waals surface area contributed by atoms with E-state index in [0.717, 1.165) is 24.3 Å². The highest BCUT2D eigenvalue weighted by Crippen LogP contribution is 2.54. The van der Waals surface area contributed by atoms with Gasteiger partial charge in [0.05, 0.1) is 0 Å². The maximum Gasteiger partial charge on any atom is 0.223 e. The molecule has 0 radical (unpaired) electrons. The number of rotatable bonds is 4. The Balaban J connectivity index is 1.34. The minimum Gasteiger partial charge on any atom is -0.356 e. The molecule has 0 aromatic heterocycles. The van der Waals surface area contributed by atoms with Crippen molar-refractivity contribution in [3.8, 4) is 0 Å². The molecule has 1 N–H and O–H groups in total. The lowest BCUT2D eigenvalue weighted by atomic mass is 9.83. The predicted molar refractivity (Wildman–Crippen MR) is 59.3 cm³/mol. The smallest absolute Gasteiger partial charge is 0.223 e. The van der Waals surface area contributed by atoms with Crippen LogP contribution in [0.1, 0.15) is 44.9 Å². The summed E-state index contributed by atoms with van der Waals surface area (Å²) in [5, 5.41) is 3.13. The van der Waals surface area contributed by atoms with Gasteiger partial charge in [-0.1, -0.05) is 19.3 Å². The van der Waals surface area contributed by atoms with Gasteiger partial charge in [0.15, 0.2) is 0 Å². The van der Waals surface area contributed by atoms with Crippen molar-refractivity contribution in [3.05, 3.63) is 0 Å². The number of fused-ring (bicyclic) bond motifs is 1. The van der Waals surface area contributed by atoms with Gasteiger partial charge in [-0.25, -0.2) is 0 Å². The first-order valence-electron chi connectivity index (χ1n) is 6.60. The molecule has 3 aliphatic carbocycles. The monoisotopic (exact) mass is 207 g/mol. The Morgan fingerprint density at radius 3 is 2.47 bits per heavy atom. The molecule has 3 rings (SSSR count). The average molecular weight is 207 g/mol. The van der Waals surface area contributed by atoms with E-state index < -0.39 is 0 Å². The van der Waals surface area contributed by atoms with E-state index in [1.807, 2.05) is 0 Å². The summed E-state index contributed by atoms with van der Waals surface area (Å²) in [5.74, 6) is 3.48. The molecule has 1 amide bonds. The fraction of sp³-hybridized carbons (Fsp3) is 0.923. The minimum absolute atomic E-state index is 0.349. The van der Waals surface area contributed by atoms with Crippen LogP contribution < -0.4 is 5.32 Å². The molecule has 2 atom stereocenters. The fourth-order valence-electron chi connectivity index (χ4n) is 3.25. The van der Waals surface area contributed by atoms with E-state index in [1.165, 1.54) is 44.9 Å². The summed E-state index contributed by atoms with van der Waals surface area (Å²) in [6.07, 6.45) is 9.18. The molecular weight excluding hydrogens is 186 g/mol. The molecule has 0 aliphatic heterocycles. The van der Waals surface area contributed by atoms with Crippen LogP contribution in [0.2, 0.25) is 0 Å². The molecular formula is C13H21NO. The van der Waals surface area contributed by atoms with Crippen LogP contribution in [-0.2, 0) is 4.79 Å². The molecule has 84 valence electrons.